The molecule has 1 heterocycles. The minimum Gasteiger partial charge on any atom is -0.296 e. The van der Waals surface area contributed by atoms with Crippen LogP contribution in [0.15, 0.2) is 18.2 Å². The molecule has 2 rings (SSSR count). The van der Waals surface area contributed by atoms with Gasteiger partial charge in [-0.15, -0.1) is 0 Å². The molecule has 0 aromatic heterocycles. The molecule has 0 N–H and O–H groups in total. The Hall–Kier alpha value is -1.15. The molecule has 1 saturated heterocycles. The third kappa shape index (κ3) is 3.74. The number of carbonyl (C=O) groups is 1. The lowest BCUT2D eigenvalue weighted by Gasteiger charge is -2.40. The highest BCUT2D eigenvalue weighted by Crippen LogP contribution is 2.37. The number of hydrogen-bond donors (Lipinski definition) is 0. The summed E-state index contributed by atoms with van der Waals surface area (Å²) in [4.78, 5) is 14.8. The lowest BCUT2D eigenvalue weighted by molar-refractivity contribution is 0.0755. The Kier molecular flexibility index (Phi) is 5.21. The predicted molar refractivity (Wildman–Crippen MR) is 88.9 cm³/mol. The molecule has 1 aliphatic rings. The molecule has 0 bridgehead atoms. The Labute approximate surface area is 129 Å². The van der Waals surface area contributed by atoms with Crippen molar-refractivity contribution in [3.63, 3.8) is 0 Å². The maximum Gasteiger partial charge on any atom is 0.177 e. The fraction of sp³-hybridized carbons (Fsp3) is 0.632. The highest BCUT2D eigenvalue weighted by molar-refractivity contribution is 5.98. The van der Waals surface area contributed by atoms with E-state index in [-0.39, 0.29) is 5.78 Å². The number of likely N-dealkylation sites (tertiary alicyclic amines) is 1. The Morgan fingerprint density at radius 3 is 2.29 bits per heavy atom. The minimum atomic E-state index is 0.271. The number of carbonyl (C=O) groups excluding carboxylic acids is 1. The van der Waals surface area contributed by atoms with Crippen LogP contribution in [0.4, 0.5) is 0 Å². The van der Waals surface area contributed by atoms with Crippen LogP contribution in [0.2, 0.25) is 0 Å². The zero-order valence-electron chi connectivity index (χ0n) is 14.0. The van der Waals surface area contributed by atoms with Crippen molar-refractivity contribution in [2.45, 2.75) is 53.4 Å². The van der Waals surface area contributed by atoms with Crippen LogP contribution in [0, 0.1) is 19.3 Å². The Morgan fingerprint density at radius 2 is 1.76 bits per heavy atom. The quantitative estimate of drug-likeness (QED) is 0.749. The van der Waals surface area contributed by atoms with Gasteiger partial charge in [0, 0.05) is 5.56 Å². The van der Waals surface area contributed by atoms with Crippen LogP contribution in [-0.2, 0) is 0 Å². The van der Waals surface area contributed by atoms with Gasteiger partial charge in [-0.05, 0) is 50.8 Å². The van der Waals surface area contributed by atoms with E-state index in [1.165, 1.54) is 31.2 Å². The molecular weight excluding hydrogens is 258 g/mol. The first kappa shape index (κ1) is 16.2. The molecule has 0 radical (unpaired) electrons. The summed E-state index contributed by atoms with van der Waals surface area (Å²) < 4.78 is 0. The standard InChI is InChI=1S/C19H29NO/c1-5-19(6-2)9-11-20(12-10-19)14-18(21)17-8-7-15(3)13-16(17)4/h7-8,13H,5-6,9-12,14H2,1-4H3. The molecule has 0 saturated carbocycles. The normalized spacial score (nSPS) is 18.7. The van der Waals surface area contributed by atoms with E-state index in [4.69, 9.17) is 0 Å². The van der Waals surface area contributed by atoms with Crippen molar-refractivity contribution < 1.29 is 4.79 Å². The van der Waals surface area contributed by atoms with Crippen LogP contribution in [0.3, 0.4) is 0 Å². The zero-order valence-corrected chi connectivity index (χ0v) is 14.0. The van der Waals surface area contributed by atoms with E-state index >= 15 is 0 Å². The van der Waals surface area contributed by atoms with Gasteiger partial charge in [-0.2, -0.15) is 0 Å². The third-order valence-corrected chi connectivity index (χ3v) is 5.47. The summed E-state index contributed by atoms with van der Waals surface area (Å²) in [6.07, 6.45) is 5.00. The molecule has 0 amide bonds. The van der Waals surface area contributed by atoms with Gasteiger partial charge in [0.2, 0.25) is 0 Å². The number of ketones is 1. The lowest BCUT2D eigenvalue weighted by Crippen LogP contribution is -2.42. The van der Waals surface area contributed by atoms with Gasteiger partial charge >= 0.3 is 0 Å². The molecule has 21 heavy (non-hydrogen) atoms. The number of piperidine rings is 1. The first-order valence-corrected chi connectivity index (χ1v) is 8.32. The predicted octanol–water partition coefficient (Wildman–Crippen LogP) is 4.39. The first-order valence-electron chi connectivity index (χ1n) is 8.32. The molecule has 1 aromatic rings. The third-order valence-electron chi connectivity index (χ3n) is 5.47. The average Bonchev–Trinajstić information content (AvgIpc) is 2.48. The topological polar surface area (TPSA) is 20.3 Å². The highest BCUT2D eigenvalue weighted by atomic mass is 16.1. The Balaban J connectivity index is 1.96. The highest BCUT2D eigenvalue weighted by Gasteiger charge is 2.31. The number of aryl methyl sites for hydroxylation is 2. The summed E-state index contributed by atoms with van der Waals surface area (Å²) in [5.74, 6) is 0.271. The van der Waals surface area contributed by atoms with Crippen molar-refractivity contribution in [2.75, 3.05) is 19.6 Å². The van der Waals surface area contributed by atoms with E-state index in [9.17, 15) is 4.79 Å². The number of hydrogen-bond acceptors (Lipinski definition) is 2. The summed E-state index contributed by atoms with van der Waals surface area (Å²) in [5, 5.41) is 0. The van der Waals surface area contributed by atoms with Gasteiger partial charge in [0.1, 0.15) is 0 Å². The average molecular weight is 287 g/mol. The largest absolute Gasteiger partial charge is 0.296 e. The molecule has 2 heteroatoms. The molecule has 0 spiro atoms. The summed E-state index contributed by atoms with van der Waals surface area (Å²) in [6.45, 7) is 11.4. The van der Waals surface area contributed by atoms with Crippen LogP contribution in [-0.4, -0.2) is 30.3 Å². The fourth-order valence-corrected chi connectivity index (χ4v) is 3.56. The van der Waals surface area contributed by atoms with Crippen molar-refractivity contribution >= 4 is 5.78 Å². The second kappa shape index (κ2) is 6.74. The van der Waals surface area contributed by atoms with Crippen molar-refractivity contribution in [3.8, 4) is 0 Å². The molecule has 2 nitrogen and oxygen atoms in total. The maximum absolute atomic E-state index is 12.5. The minimum absolute atomic E-state index is 0.271. The van der Waals surface area contributed by atoms with E-state index in [1.54, 1.807) is 0 Å². The van der Waals surface area contributed by atoms with Crippen LogP contribution in [0.1, 0.15) is 61.0 Å². The van der Waals surface area contributed by atoms with Gasteiger partial charge < -0.3 is 0 Å². The van der Waals surface area contributed by atoms with Crippen molar-refractivity contribution in [1.82, 2.24) is 4.90 Å². The zero-order chi connectivity index (χ0) is 15.5. The van der Waals surface area contributed by atoms with Gasteiger partial charge in [-0.25, -0.2) is 0 Å². The number of rotatable bonds is 5. The molecule has 116 valence electrons. The van der Waals surface area contributed by atoms with Gasteiger partial charge in [-0.3, -0.25) is 9.69 Å². The van der Waals surface area contributed by atoms with Crippen LogP contribution < -0.4 is 0 Å². The van der Waals surface area contributed by atoms with E-state index in [2.05, 4.69) is 31.7 Å². The molecule has 1 fully saturated rings. The van der Waals surface area contributed by atoms with Gasteiger partial charge in [0.05, 0.1) is 6.54 Å². The first-order chi connectivity index (χ1) is 9.99. The lowest BCUT2D eigenvalue weighted by atomic mass is 9.74. The second-order valence-electron chi connectivity index (χ2n) is 6.72. The second-order valence-corrected chi connectivity index (χ2v) is 6.72. The smallest absolute Gasteiger partial charge is 0.177 e. The maximum atomic E-state index is 12.5. The number of nitrogens with zero attached hydrogens (tertiary/aromatic N) is 1. The summed E-state index contributed by atoms with van der Waals surface area (Å²) in [5.41, 5.74) is 3.74. The number of Topliss-reactive ketones (excluding diaryl/α,β-unsaturated/α-hetero) is 1. The molecule has 0 aliphatic carbocycles. The molecule has 0 atom stereocenters. The molecule has 1 aromatic carbocycles. The van der Waals surface area contributed by atoms with Crippen molar-refractivity contribution in [3.05, 3.63) is 34.9 Å². The SMILES string of the molecule is CCC1(CC)CCN(CC(=O)c2ccc(C)cc2C)CC1. The van der Waals surface area contributed by atoms with E-state index in [0.717, 1.165) is 24.2 Å². The van der Waals surface area contributed by atoms with Crippen LogP contribution >= 0.6 is 0 Å². The molecule has 1 aliphatic heterocycles. The van der Waals surface area contributed by atoms with Crippen LogP contribution in [0.5, 0.6) is 0 Å². The Bertz CT molecular complexity index is 492. The number of benzene rings is 1. The van der Waals surface area contributed by atoms with Crippen molar-refractivity contribution in [1.29, 1.82) is 0 Å². The van der Waals surface area contributed by atoms with Gasteiger partial charge in [-0.1, -0.05) is 50.5 Å². The Morgan fingerprint density at radius 1 is 1.14 bits per heavy atom. The van der Waals surface area contributed by atoms with E-state index in [1.807, 2.05) is 19.1 Å². The molecular formula is C19H29NO. The fourth-order valence-electron chi connectivity index (χ4n) is 3.56. The monoisotopic (exact) mass is 287 g/mol. The van der Waals surface area contributed by atoms with Crippen LogP contribution in [0.25, 0.3) is 0 Å². The molecule has 0 unspecified atom stereocenters. The summed E-state index contributed by atoms with van der Waals surface area (Å²) >= 11 is 0. The van der Waals surface area contributed by atoms with E-state index < -0.39 is 0 Å². The van der Waals surface area contributed by atoms with Gasteiger partial charge in [0.25, 0.3) is 0 Å². The summed E-state index contributed by atoms with van der Waals surface area (Å²) in [6, 6.07) is 6.12. The van der Waals surface area contributed by atoms with E-state index in [0.29, 0.717) is 12.0 Å². The van der Waals surface area contributed by atoms with Gasteiger partial charge in [0.15, 0.2) is 5.78 Å². The summed E-state index contributed by atoms with van der Waals surface area (Å²) in [7, 11) is 0. The van der Waals surface area contributed by atoms with Crippen molar-refractivity contribution in [2.24, 2.45) is 5.41 Å².